The lowest BCUT2D eigenvalue weighted by Crippen LogP contribution is -2.37. The third-order valence-corrected chi connectivity index (χ3v) is 8.47. The van der Waals surface area contributed by atoms with Gasteiger partial charge in [-0.15, -0.1) is 0 Å². The Kier molecular flexibility index (Phi) is 6.19. The predicted octanol–water partition coefficient (Wildman–Crippen LogP) is 4.70. The Balaban J connectivity index is 1.66. The number of para-hydroxylation sites is 2. The summed E-state index contributed by atoms with van der Waals surface area (Å²) < 4.78 is 33.1. The Morgan fingerprint density at radius 3 is 2.29 bits per heavy atom. The van der Waals surface area contributed by atoms with Crippen LogP contribution in [0.4, 0.5) is 0 Å². The highest BCUT2D eigenvalue weighted by atomic mass is 32.2. The average Bonchev–Trinajstić information content (AvgIpc) is 3.18. The van der Waals surface area contributed by atoms with Gasteiger partial charge in [-0.2, -0.15) is 5.10 Å². The van der Waals surface area contributed by atoms with Crippen LogP contribution in [0.15, 0.2) is 30.3 Å². The van der Waals surface area contributed by atoms with E-state index in [4.69, 9.17) is 9.84 Å². The number of piperidine rings is 1. The van der Waals surface area contributed by atoms with Gasteiger partial charge in [-0.05, 0) is 62.1 Å². The number of aromatic nitrogens is 2. The van der Waals surface area contributed by atoms with Crippen molar-refractivity contribution in [3.05, 3.63) is 41.7 Å². The normalized spacial score (nSPS) is 21.3. The summed E-state index contributed by atoms with van der Waals surface area (Å²) in [6.07, 6.45) is 7.69. The van der Waals surface area contributed by atoms with Crippen molar-refractivity contribution in [2.45, 2.75) is 64.2 Å². The van der Waals surface area contributed by atoms with Crippen LogP contribution in [0.5, 0.6) is 5.75 Å². The molecule has 1 saturated carbocycles. The quantitative estimate of drug-likeness (QED) is 0.669. The monoisotopic (exact) mass is 445 g/mol. The molecule has 0 N–H and O–H groups in total. The van der Waals surface area contributed by atoms with Crippen LogP contribution in [0.2, 0.25) is 0 Å². The molecule has 0 bridgehead atoms. The number of ether oxygens (including phenoxy) is 1. The number of hydrogen-bond donors (Lipinski definition) is 0. The van der Waals surface area contributed by atoms with Crippen molar-refractivity contribution in [3.8, 4) is 11.4 Å². The molecule has 0 spiro atoms. The van der Waals surface area contributed by atoms with Gasteiger partial charge in [0.15, 0.2) is 0 Å². The zero-order chi connectivity index (χ0) is 22.2. The van der Waals surface area contributed by atoms with Gasteiger partial charge < -0.3 is 4.74 Å². The summed E-state index contributed by atoms with van der Waals surface area (Å²) in [6, 6.07) is 10.3. The van der Waals surface area contributed by atoms with E-state index >= 15 is 0 Å². The molecular weight excluding hydrogens is 410 g/mol. The molecule has 7 heteroatoms. The molecule has 1 aromatic carbocycles. The van der Waals surface area contributed by atoms with Gasteiger partial charge in [-0.25, -0.2) is 17.4 Å². The van der Waals surface area contributed by atoms with Crippen LogP contribution in [-0.4, -0.2) is 49.0 Å². The Labute approximate surface area is 186 Å². The minimum atomic E-state index is -3.12. The van der Waals surface area contributed by atoms with Gasteiger partial charge in [0.05, 0.1) is 19.1 Å². The first-order chi connectivity index (χ1) is 14.7. The fourth-order valence-electron chi connectivity index (χ4n) is 5.08. The maximum atomic E-state index is 11.9. The number of methoxy groups -OCH3 is 1. The van der Waals surface area contributed by atoms with Crippen molar-refractivity contribution in [1.82, 2.24) is 14.1 Å². The first-order valence-electron chi connectivity index (χ1n) is 11.4. The van der Waals surface area contributed by atoms with Crippen LogP contribution >= 0.6 is 0 Å². The van der Waals surface area contributed by atoms with E-state index in [0.29, 0.717) is 24.4 Å². The van der Waals surface area contributed by atoms with Crippen LogP contribution in [-0.2, 0) is 10.0 Å². The van der Waals surface area contributed by atoms with E-state index in [-0.39, 0.29) is 5.92 Å². The molecule has 6 nitrogen and oxygen atoms in total. The van der Waals surface area contributed by atoms with E-state index in [1.165, 1.54) is 37.6 Å². The van der Waals surface area contributed by atoms with Gasteiger partial charge in [0.25, 0.3) is 0 Å². The van der Waals surface area contributed by atoms with Gasteiger partial charge in [0.2, 0.25) is 10.0 Å². The Morgan fingerprint density at radius 1 is 1.03 bits per heavy atom. The van der Waals surface area contributed by atoms with Crippen molar-refractivity contribution in [2.75, 3.05) is 26.5 Å². The molecule has 0 radical (unpaired) electrons. The largest absolute Gasteiger partial charge is 0.494 e. The van der Waals surface area contributed by atoms with Crippen molar-refractivity contribution >= 4 is 10.0 Å². The molecule has 2 heterocycles. The summed E-state index contributed by atoms with van der Waals surface area (Å²) in [6.45, 7) is 5.86. The lowest BCUT2D eigenvalue weighted by molar-refractivity contribution is 0.221. The minimum Gasteiger partial charge on any atom is -0.494 e. The van der Waals surface area contributed by atoms with Gasteiger partial charge in [-0.1, -0.05) is 26.0 Å². The molecule has 1 aliphatic heterocycles. The van der Waals surface area contributed by atoms with Gasteiger partial charge >= 0.3 is 0 Å². The highest BCUT2D eigenvalue weighted by Gasteiger charge is 2.32. The van der Waals surface area contributed by atoms with Crippen molar-refractivity contribution < 1.29 is 13.2 Å². The van der Waals surface area contributed by atoms with Gasteiger partial charge in [0, 0.05) is 30.6 Å². The predicted molar refractivity (Wildman–Crippen MR) is 123 cm³/mol. The second-order valence-electron chi connectivity index (χ2n) is 9.95. The Morgan fingerprint density at radius 2 is 1.68 bits per heavy atom. The molecular formula is C24H35N3O3S. The second-order valence-corrected chi connectivity index (χ2v) is 11.9. The van der Waals surface area contributed by atoms with E-state index in [1.807, 2.05) is 18.2 Å². The SMILES string of the molecule is COc1ccccc1-n1nc(C2CCN(S(C)(=O)=O)CC2)cc1C1CCC(C)(C)CC1. The van der Waals surface area contributed by atoms with Crippen LogP contribution in [0.1, 0.15) is 75.6 Å². The van der Waals surface area contributed by atoms with Crippen molar-refractivity contribution in [2.24, 2.45) is 5.41 Å². The molecule has 0 amide bonds. The number of hydrogen-bond acceptors (Lipinski definition) is 4. The van der Waals surface area contributed by atoms with Crippen LogP contribution in [0.25, 0.3) is 5.69 Å². The summed E-state index contributed by atoms with van der Waals surface area (Å²) in [5.41, 5.74) is 3.73. The first-order valence-corrected chi connectivity index (χ1v) is 13.2. The molecule has 4 rings (SSSR count). The molecule has 1 saturated heterocycles. The Bertz CT molecular complexity index is 1010. The highest BCUT2D eigenvalue weighted by Crippen LogP contribution is 2.44. The van der Waals surface area contributed by atoms with Gasteiger partial charge in [0.1, 0.15) is 11.4 Å². The second kappa shape index (κ2) is 8.58. The molecule has 0 atom stereocenters. The summed E-state index contributed by atoms with van der Waals surface area (Å²) in [5, 5.41) is 5.08. The number of nitrogens with zero attached hydrogens (tertiary/aromatic N) is 3. The lowest BCUT2D eigenvalue weighted by Gasteiger charge is -2.34. The number of sulfonamides is 1. The van der Waals surface area contributed by atoms with Gasteiger partial charge in [-0.3, -0.25) is 0 Å². The third-order valence-electron chi connectivity index (χ3n) is 7.17. The van der Waals surface area contributed by atoms with Crippen LogP contribution in [0, 0.1) is 5.41 Å². The maximum absolute atomic E-state index is 11.9. The van der Waals surface area contributed by atoms with Crippen molar-refractivity contribution in [1.29, 1.82) is 0 Å². The maximum Gasteiger partial charge on any atom is 0.211 e. The molecule has 0 unspecified atom stereocenters. The molecule has 170 valence electrons. The highest BCUT2D eigenvalue weighted by molar-refractivity contribution is 7.88. The summed E-state index contributed by atoms with van der Waals surface area (Å²) in [5.74, 6) is 1.59. The van der Waals surface area contributed by atoms with Crippen LogP contribution in [0.3, 0.4) is 0 Å². The zero-order valence-electron chi connectivity index (χ0n) is 19.2. The molecule has 2 fully saturated rings. The number of benzene rings is 1. The third kappa shape index (κ3) is 4.82. The summed E-state index contributed by atoms with van der Waals surface area (Å²) in [4.78, 5) is 0. The van der Waals surface area contributed by atoms with Crippen molar-refractivity contribution in [3.63, 3.8) is 0 Å². The fraction of sp³-hybridized carbons (Fsp3) is 0.625. The summed E-state index contributed by atoms with van der Waals surface area (Å²) in [7, 11) is -1.42. The zero-order valence-corrected chi connectivity index (χ0v) is 20.0. The molecule has 1 aliphatic carbocycles. The minimum absolute atomic E-state index is 0.285. The first kappa shape index (κ1) is 22.3. The van der Waals surface area contributed by atoms with E-state index < -0.39 is 10.0 Å². The van der Waals surface area contributed by atoms with E-state index in [0.717, 1.165) is 30.0 Å². The Hall–Kier alpha value is -1.86. The molecule has 31 heavy (non-hydrogen) atoms. The fourth-order valence-corrected chi connectivity index (χ4v) is 5.96. The smallest absolute Gasteiger partial charge is 0.211 e. The lowest BCUT2D eigenvalue weighted by atomic mass is 9.72. The average molecular weight is 446 g/mol. The molecule has 2 aromatic rings. The molecule has 1 aromatic heterocycles. The number of rotatable bonds is 5. The van der Waals surface area contributed by atoms with E-state index in [1.54, 1.807) is 11.4 Å². The standard InChI is InChI=1S/C24H35N3O3S/c1-24(2)13-9-19(10-14-24)22-17-20(18-11-15-26(16-12-18)31(4,28)29)25-27(22)21-7-5-6-8-23(21)30-3/h5-8,17-19H,9-16H2,1-4H3. The molecule has 2 aliphatic rings. The summed E-state index contributed by atoms with van der Waals surface area (Å²) >= 11 is 0. The topological polar surface area (TPSA) is 64.4 Å². The van der Waals surface area contributed by atoms with E-state index in [2.05, 4.69) is 30.7 Å². The van der Waals surface area contributed by atoms with E-state index in [9.17, 15) is 8.42 Å². The van der Waals surface area contributed by atoms with Crippen LogP contribution < -0.4 is 4.74 Å².